The van der Waals surface area contributed by atoms with Crippen molar-refractivity contribution in [2.75, 3.05) is 24.9 Å². The maximum absolute atomic E-state index is 5.36. The molecule has 0 saturated carbocycles. The van der Waals surface area contributed by atoms with E-state index in [9.17, 15) is 0 Å². The number of anilines is 4. The van der Waals surface area contributed by atoms with Crippen molar-refractivity contribution in [1.29, 1.82) is 0 Å². The first-order valence-electron chi connectivity index (χ1n) is 9.51. The molecule has 2 N–H and O–H groups in total. The molecule has 1 heterocycles. The minimum Gasteiger partial charge on any atom is -0.493 e. The van der Waals surface area contributed by atoms with Gasteiger partial charge in [-0.3, -0.25) is 0 Å². The van der Waals surface area contributed by atoms with E-state index in [0.717, 1.165) is 22.9 Å². The van der Waals surface area contributed by atoms with Gasteiger partial charge in [-0.15, -0.1) is 0 Å². The summed E-state index contributed by atoms with van der Waals surface area (Å²) in [5.41, 5.74) is 4.07. The molecule has 0 aliphatic carbocycles. The molecule has 0 saturated heterocycles. The zero-order chi connectivity index (χ0) is 21.0. The van der Waals surface area contributed by atoms with Gasteiger partial charge in [0.1, 0.15) is 5.82 Å². The van der Waals surface area contributed by atoms with Gasteiger partial charge in [-0.05, 0) is 42.2 Å². The summed E-state index contributed by atoms with van der Waals surface area (Å²) in [6, 6.07) is 15.9. The van der Waals surface area contributed by atoms with Gasteiger partial charge >= 0.3 is 0 Å². The lowest BCUT2D eigenvalue weighted by molar-refractivity contribution is 0.355. The molecule has 0 fully saturated rings. The maximum Gasteiger partial charge on any atom is 0.229 e. The second kappa shape index (κ2) is 8.39. The first-order valence-corrected chi connectivity index (χ1v) is 9.51. The number of methoxy groups -OCH3 is 2. The fourth-order valence-corrected chi connectivity index (χ4v) is 2.93. The molecule has 152 valence electrons. The third kappa shape index (κ3) is 5.16. The Bertz CT molecular complexity index is 979. The summed E-state index contributed by atoms with van der Waals surface area (Å²) < 4.78 is 10.6. The third-order valence-corrected chi connectivity index (χ3v) is 4.52. The number of benzene rings is 2. The Morgan fingerprint density at radius 3 is 2.03 bits per heavy atom. The molecule has 29 heavy (non-hydrogen) atoms. The van der Waals surface area contributed by atoms with Crippen LogP contribution in [-0.2, 0) is 5.41 Å². The van der Waals surface area contributed by atoms with Gasteiger partial charge in [0, 0.05) is 29.2 Å². The normalized spacial score (nSPS) is 11.1. The Kier molecular flexibility index (Phi) is 5.92. The first-order chi connectivity index (χ1) is 13.8. The van der Waals surface area contributed by atoms with Crippen LogP contribution in [0.4, 0.5) is 23.1 Å². The maximum atomic E-state index is 5.36. The summed E-state index contributed by atoms with van der Waals surface area (Å²) >= 11 is 0. The zero-order valence-corrected chi connectivity index (χ0v) is 17.8. The van der Waals surface area contributed by atoms with Gasteiger partial charge in [-0.25, -0.2) is 4.98 Å². The molecule has 6 heteroatoms. The Morgan fingerprint density at radius 2 is 1.41 bits per heavy atom. The molecule has 2 aromatic carbocycles. The van der Waals surface area contributed by atoms with Gasteiger partial charge in [0.05, 0.1) is 14.2 Å². The van der Waals surface area contributed by atoms with E-state index in [1.807, 2.05) is 31.2 Å². The SMILES string of the molecule is COc1ccc(Nc2nc(C)cc(Nc3ccc(C(C)(C)C)cc3)n2)cc1OC. The number of aromatic nitrogens is 2. The van der Waals surface area contributed by atoms with Crippen LogP contribution in [-0.4, -0.2) is 24.2 Å². The van der Waals surface area contributed by atoms with Crippen LogP contribution in [0, 0.1) is 6.92 Å². The average molecular weight is 393 g/mol. The topological polar surface area (TPSA) is 68.3 Å². The summed E-state index contributed by atoms with van der Waals surface area (Å²) in [4.78, 5) is 9.07. The number of aryl methyl sites for hydroxylation is 1. The molecule has 0 amide bonds. The number of nitrogens with one attached hydrogen (secondary N) is 2. The average Bonchev–Trinajstić information content (AvgIpc) is 2.67. The molecular weight excluding hydrogens is 364 g/mol. The molecule has 0 bridgehead atoms. The molecule has 3 aromatic rings. The monoisotopic (exact) mass is 392 g/mol. The highest BCUT2D eigenvalue weighted by Gasteiger charge is 2.13. The van der Waals surface area contributed by atoms with E-state index in [-0.39, 0.29) is 5.41 Å². The van der Waals surface area contributed by atoms with Gasteiger partial charge in [0.25, 0.3) is 0 Å². The molecule has 6 nitrogen and oxygen atoms in total. The molecule has 1 aromatic heterocycles. The smallest absolute Gasteiger partial charge is 0.229 e. The van der Waals surface area contributed by atoms with Crippen molar-refractivity contribution in [2.45, 2.75) is 33.1 Å². The van der Waals surface area contributed by atoms with Crippen LogP contribution in [0.15, 0.2) is 48.5 Å². The van der Waals surface area contributed by atoms with Crippen molar-refractivity contribution in [3.8, 4) is 11.5 Å². The fourth-order valence-electron chi connectivity index (χ4n) is 2.93. The predicted molar refractivity (Wildman–Crippen MR) is 118 cm³/mol. The van der Waals surface area contributed by atoms with Crippen molar-refractivity contribution in [2.24, 2.45) is 0 Å². The van der Waals surface area contributed by atoms with Gasteiger partial charge in [-0.2, -0.15) is 4.98 Å². The van der Waals surface area contributed by atoms with E-state index in [4.69, 9.17) is 9.47 Å². The van der Waals surface area contributed by atoms with Crippen LogP contribution in [0.25, 0.3) is 0 Å². The molecule has 3 rings (SSSR count). The van der Waals surface area contributed by atoms with Crippen LogP contribution >= 0.6 is 0 Å². The number of ether oxygens (including phenoxy) is 2. The summed E-state index contributed by atoms with van der Waals surface area (Å²) in [7, 11) is 3.22. The van der Waals surface area contributed by atoms with Crippen LogP contribution in [0.3, 0.4) is 0 Å². The molecule has 0 aliphatic heterocycles. The van der Waals surface area contributed by atoms with Gasteiger partial charge in [-0.1, -0.05) is 32.9 Å². The molecule has 0 aliphatic rings. The Labute approximate surface area is 172 Å². The predicted octanol–water partition coefficient (Wildman–Crippen LogP) is 5.59. The van der Waals surface area contributed by atoms with Gasteiger partial charge in [0.2, 0.25) is 5.95 Å². The van der Waals surface area contributed by atoms with Crippen molar-refractivity contribution in [3.05, 3.63) is 59.8 Å². The summed E-state index contributed by atoms with van der Waals surface area (Å²) in [5, 5.41) is 6.58. The highest BCUT2D eigenvalue weighted by Crippen LogP contribution is 2.31. The van der Waals surface area contributed by atoms with Crippen molar-refractivity contribution in [1.82, 2.24) is 9.97 Å². The largest absolute Gasteiger partial charge is 0.493 e. The van der Waals surface area contributed by atoms with Crippen LogP contribution in [0.1, 0.15) is 32.0 Å². The van der Waals surface area contributed by atoms with E-state index in [0.29, 0.717) is 17.4 Å². The van der Waals surface area contributed by atoms with Crippen LogP contribution < -0.4 is 20.1 Å². The second-order valence-corrected chi connectivity index (χ2v) is 7.87. The minimum absolute atomic E-state index is 0.126. The molecule has 0 atom stereocenters. The highest BCUT2D eigenvalue weighted by atomic mass is 16.5. The van der Waals surface area contributed by atoms with Crippen molar-refractivity contribution < 1.29 is 9.47 Å². The number of rotatable bonds is 6. The summed E-state index contributed by atoms with van der Waals surface area (Å²) in [6.07, 6.45) is 0. The Balaban J connectivity index is 1.79. The molecule has 0 radical (unpaired) electrons. The fraction of sp³-hybridized carbons (Fsp3) is 0.304. The third-order valence-electron chi connectivity index (χ3n) is 4.52. The standard InChI is InChI=1S/C23H28N4O2/c1-15-13-21(25-17-9-7-16(8-10-17)23(2,3)4)27-22(24-15)26-18-11-12-19(28-5)20(14-18)29-6/h7-14H,1-6H3,(H2,24,25,26,27). The number of hydrogen-bond acceptors (Lipinski definition) is 6. The lowest BCUT2D eigenvalue weighted by Gasteiger charge is -2.19. The van der Waals surface area contributed by atoms with E-state index in [2.05, 4.69) is 65.6 Å². The van der Waals surface area contributed by atoms with Crippen molar-refractivity contribution >= 4 is 23.1 Å². The van der Waals surface area contributed by atoms with Crippen LogP contribution in [0.2, 0.25) is 0 Å². The quantitative estimate of drug-likeness (QED) is 0.570. The highest BCUT2D eigenvalue weighted by molar-refractivity contribution is 5.63. The van der Waals surface area contributed by atoms with Crippen molar-refractivity contribution in [3.63, 3.8) is 0 Å². The molecular formula is C23H28N4O2. The number of hydrogen-bond donors (Lipinski definition) is 2. The summed E-state index contributed by atoms with van der Waals surface area (Å²) in [6.45, 7) is 8.55. The van der Waals surface area contributed by atoms with E-state index in [1.54, 1.807) is 14.2 Å². The Hall–Kier alpha value is -3.28. The molecule has 0 spiro atoms. The van der Waals surface area contributed by atoms with E-state index < -0.39 is 0 Å². The summed E-state index contributed by atoms with van der Waals surface area (Å²) in [5.74, 6) is 2.54. The van der Waals surface area contributed by atoms with Gasteiger partial charge < -0.3 is 20.1 Å². The first kappa shape index (κ1) is 20.5. The Morgan fingerprint density at radius 1 is 0.759 bits per heavy atom. The number of nitrogens with zero attached hydrogens (tertiary/aromatic N) is 2. The lowest BCUT2D eigenvalue weighted by Crippen LogP contribution is -2.10. The minimum atomic E-state index is 0.126. The van der Waals surface area contributed by atoms with E-state index >= 15 is 0 Å². The zero-order valence-electron chi connectivity index (χ0n) is 17.8. The molecule has 0 unspecified atom stereocenters. The second-order valence-electron chi connectivity index (χ2n) is 7.87. The van der Waals surface area contributed by atoms with Gasteiger partial charge in [0.15, 0.2) is 11.5 Å². The van der Waals surface area contributed by atoms with E-state index in [1.165, 1.54) is 5.56 Å². The lowest BCUT2D eigenvalue weighted by atomic mass is 9.87. The van der Waals surface area contributed by atoms with Crippen LogP contribution in [0.5, 0.6) is 11.5 Å².